The lowest BCUT2D eigenvalue weighted by Gasteiger charge is -2.13. The molecule has 88 valence electrons. The zero-order valence-electron chi connectivity index (χ0n) is 9.50. The van der Waals surface area contributed by atoms with E-state index in [9.17, 15) is 0 Å². The van der Waals surface area contributed by atoms with E-state index in [1.54, 1.807) is 0 Å². The topological polar surface area (TPSA) is 12.0 Å². The van der Waals surface area contributed by atoms with Gasteiger partial charge in [-0.25, -0.2) is 0 Å². The van der Waals surface area contributed by atoms with Crippen molar-refractivity contribution in [3.8, 4) is 0 Å². The van der Waals surface area contributed by atoms with Crippen LogP contribution >= 0.6 is 23.2 Å². The van der Waals surface area contributed by atoms with E-state index < -0.39 is 0 Å². The molecule has 2 aromatic carbocycles. The number of nitrogens with one attached hydrogen (secondary N) is 1. The molecule has 0 unspecified atom stereocenters. The highest BCUT2D eigenvalue weighted by molar-refractivity contribution is 6.31. The first-order valence-electron chi connectivity index (χ1n) is 5.38. The predicted molar refractivity (Wildman–Crippen MR) is 75.5 cm³/mol. The fourth-order valence-corrected chi connectivity index (χ4v) is 2.05. The first-order chi connectivity index (χ1) is 8.22. The van der Waals surface area contributed by atoms with Crippen LogP contribution in [0.1, 0.15) is 11.1 Å². The van der Waals surface area contributed by atoms with E-state index in [0.29, 0.717) is 5.88 Å². The first kappa shape index (κ1) is 12.3. The summed E-state index contributed by atoms with van der Waals surface area (Å²) in [4.78, 5) is 0. The highest BCUT2D eigenvalue weighted by atomic mass is 35.5. The molecule has 0 amide bonds. The summed E-state index contributed by atoms with van der Waals surface area (Å²) in [7, 11) is 0. The Bertz CT molecular complexity index is 523. The summed E-state index contributed by atoms with van der Waals surface area (Å²) in [6.45, 7) is 1.99. The second-order valence-corrected chi connectivity index (χ2v) is 4.50. The summed E-state index contributed by atoms with van der Waals surface area (Å²) in [6.07, 6.45) is 0. The summed E-state index contributed by atoms with van der Waals surface area (Å²) in [5.41, 5.74) is 4.15. The van der Waals surface area contributed by atoms with E-state index in [2.05, 4.69) is 5.32 Å². The molecule has 3 heteroatoms. The summed E-state index contributed by atoms with van der Waals surface area (Å²) >= 11 is 12.0. The number of halogens is 2. The maximum absolute atomic E-state index is 6.09. The van der Waals surface area contributed by atoms with E-state index in [0.717, 1.165) is 27.5 Å². The Balaban J connectivity index is 2.35. The van der Waals surface area contributed by atoms with E-state index >= 15 is 0 Å². The van der Waals surface area contributed by atoms with Gasteiger partial charge < -0.3 is 5.32 Å². The Morgan fingerprint density at radius 1 is 1.00 bits per heavy atom. The van der Waals surface area contributed by atoms with E-state index in [1.165, 1.54) is 0 Å². The number of anilines is 2. The molecule has 1 nitrogen and oxygen atoms in total. The molecule has 0 heterocycles. The molecule has 0 atom stereocenters. The van der Waals surface area contributed by atoms with Crippen molar-refractivity contribution in [1.29, 1.82) is 0 Å². The van der Waals surface area contributed by atoms with Crippen LogP contribution < -0.4 is 5.32 Å². The molecule has 17 heavy (non-hydrogen) atoms. The smallest absolute Gasteiger partial charge is 0.0494 e. The number of rotatable bonds is 3. The summed E-state index contributed by atoms with van der Waals surface area (Å²) in [6, 6.07) is 13.8. The fraction of sp³-hybridized carbons (Fsp3) is 0.143. The van der Waals surface area contributed by atoms with Gasteiger partial charge in [0.15, 0.2) is 0 Å². The molecule has 0 saturated heterocycles. The van der Waals surface area contributed by atoms with Crippen molar-refractivity contribution in [2.24, 2.45) is 0 Å². The molecule has 2 aromatic rings. The number of benzene rings is 2. The zero-order valence-corrected chi connectivity index (χ0v) is 11.0. The van der Waals surface area contributed by atoms with Gasteiger partial charge in [-0.05, 0) is 36.2 Å². The van der Waals surface area contributed by atoms with Crippen molar-refractivity contribution in [2.45, 2.75) is 12.8 Å². The van der Waals surface area contributed by atoms with Crippen LogP contribution in [0.2, 0.25) is 5.02 Å². The quantitative estimate of drug-likeness (QED) is 0.759. The van der Waals surface area contributed by atoms with Gasteiger partial charge in [0, 0.05) is 22.3 Å². The molecule has 0 saturated carbocycles. The standard InChI is InChI=1S/C14H13Cl2N/c1-10-12(16)6-4-8-13(10)17-14-7-3-2-5-11(14)9-15/h2-8,17H,9H2,1H3. The minimum atomic E-state index is 0.489. The van der Waals surface area contributed by atoms with E-state index in [-0.39, 0.29) is 0 Å². The van der Waals surface area contributed by atoms with Crippen LogP contribution in [0, 0.1) is 6.92 Å². The van der Waals surface area contributed by atoms with Crippen molar-refractivity contribution < 1.29 is 0 Å². The Morgan fingerprint density at radius 3 is 2.47 bits per heavy atom. The summed E-state index contributed by atoms with van der Waals surface area (Å²) < 4.78 is 0. The van der Waals surface area contributed by atoms with Crippen molar-refractivity contribution in [3.05, 3.63) is 58.6 Å². The Morgan fingerprint density at radius 2 is 1.71 bits per heavy atom. The molecule has 0 aliphatic heterocycles. The van der Waals surface area contributed by atoms with Crippen LogP contribution in [-0.2, 0) is 5.88 Å². The van der Waals surface area contributed by atoms with Gasteiger partial charge in [-0.1, -0.05) is 35.9 Å². The van der Waals surface area contributed by atoms with Crippen LogP contribution in [0.4, 0.5) is 11.4 Å². The zero-order chi connectivity index (χ0) is 12.3. The average Bonchev–Trinajstić information content (AvgIpc) is 2.35. The van der Waals surface area contributed by atoms with Crippen LogP contribution in [0.5, 0.6) is 0 Å². The molecular formula is C14H13Cl2N. The largest absolute Gasteiger partial charge is 0.355 e. The van der Waals surface area contributed by atoms with Gasteiger partial charge in [-0.2, -0.15) is 0 Å². The monoisotopic (exact) mass is 265 g/mol. The summed E-state index contributed by atoms with van der Waals surface area (Å²) in [5, 5.41) is 4.13. The maximum atomic E-state index is 6.09. The van der Waals surface area contributed by atoms with Gasteiger partial charge >= 0.3 is 0 Å². The van der Waals surface area contributed by atoms with Crippen molar-refractivity contribution in [1.82, 2.24) is 0 Å². The lowest BCUT2D eigenvalue weighted by Crippen LogP contribution is -1.96. The second-order valence-electron chi connectivity index (χ2n) is 3.83. The Hall–Kier alpha value is -1.18. The first-order valence-corrected chi connectivity index (χ1v) is 6.29. The average molecular weight is 266 g/mol. The second kappa shape index (κ2) is 5.44. The SMILES string of the molecule is Cc1c(Cl)cccc1Nc1ccccc1CCl. The van der Waals surface area contributed by atoms with Gasteiger partial charge in [0.1, 0.15) is 0 Å². The predicted octanol–water partition coefficient (Wildman–Crippen LogP) is 5.13. The maximum Gasteiger partial charge on any atom is 0.0494 e. The number of hydrogen-bond acceptors (Lipinski definition) is 1. The molecule has 1 N–H and O–H groups in total. The third-order valence-electron chi connectivity index (χ3n) is 2.70. The number of alkyl halides is 1. The fourth-order valence-electron chi connectivity index (χ4n) is 1.65. The molecule has 0 aliphatic rings. The highest BCUT2D eigenvalue weighted by Gasteiger charge is 2.04. The third kappa shape index (κ3) is 2.74. The van der Waals surface area contributed by atoms with Gasteiger partial charge in [0.2, 0.25) is 0 Å². The van der Waals surface area contributed by atoms with Crippen molar-refractivity contribution in [3.63, 3.8) is 0 Å². The van der Waals surface area contributed by atoms with Crippen LogP contribution in [0.3, 0.4) is 0 Å². The van der Waals surface area contributed by atoms with Crippen LogP contribution in [0.25, 0.3) is 0 Å². The van der Waals surface area contributed by atoms with Crippen molar-refractivity contribution in [2.75, 3.05) is 5.32 Å². The lowest BCUT2D eigenvalue weighted by atomic mass is 10.1. The minimum Gasteiger partial charge on any atom is -0.355 e. The minimum absolute atomic E-state index is 0.489. The van der Waals surface area contributed by atoms with E-state index in [1.807, 2.05) is 49.4 Å². The van der Waals surface area contributed by atoms with Crippen LogP contribution in [0.15, 0.2) is 42.5 Å². The number of para-hydroxylation sites is 1. The van der Waals surface area contributed by atoms with Gasteiger partial charge in [0.05, 0.1) is 0 Å². The lowest BCUT2D eigenvalue weighted by molar-refractivity contribution is 1.36. The highest BCUT2D eigenvalue weighted by Crippen LogP contribution is 2.28. The molecule has 0 aromatic heterocycles. The normalized spacial score (nSPS) is 10.3. The Labute approximate surface area is 111 Å². The molecule has 0 fully saturated rings. The van der Waals surface area contributed by atoms with Gasteiger partial charge in [-0.3, -0.25) is 0 Å². The summed E-state index contributed by atoms with van der Waals surface area (Å²) in [5.74, 6) is 0.489. The Kier molecular flexibility index (Phi) is 3.93. The van der Waals surface area contributed by atoms with Gasteiger partial charge in [0.25, 0.3) is 0 Å². The van der Waals surface area contributed by atoms with E-state index in [4.69, 9.17) is 23.2 Å². The molecule has 0 spiro atoms. The molecular weight excluding hydrogens is 253 g/mol. The molecule has 0 radical (unpaired) electrons. The molecule has 0 bridgehead atoms. The molecule has 2 rings (SSSR count). The number of hydrogen-bond donors (Lipinski definition) is 1. The van der Waals surface area contributed by atoms with Crippen molar-refractivity contribution >= 4 is 34.6 Å². The van der Waals surface area contributed by atoms with Gasteiger partial charge in [-0.15, -0.1) is 11.6 Å². The molecule has 0 aliphatic carbocycles. The third-order valence-corrected chi connectivity index (χ3v) is 3.40. The van der Waals surface area contributed by atoms with Crippen LogP contribution in [-0.4, -0.2) is 0 Å².